The maximum Gasteiger partial charge on any atom is 0.304 e. The van der Waals surface area contributed by atoms with Crippen LogP contribution in [0, 0.1) is 0 Å². The summed E-state index contributed by atoms with van der Waals surface area (Å²) in [5, 5.41) is 0. The van der Waals surface area contributed by atoms with Gasteiger partial charge in [-0.15, -0.1) is 17.0 Å². The molecule has 11 heteroatoms. The first-order chi connectivity index (χ1) is 11.1. The molecule has 25 heavy (non-hydrogen) atoms. The first kappa shape index (κ1) is 23.3. The van der Waals surface area contributed by atoms with Gasteiger partial charge in [-0.2, -0.15) is 0 Å². The van der Waals surface area contributed by atoms with E-state index >= 15 is 0 Å². The fraction of sp³-hybridized carbons (Fsp3) is 0.714. The van der Waals surface area contributed by atoms with Crippen LogP contribution in [0.3, 0.4) is 0 Å². The zero-order chi connectivity index (χ0) is 18.4. The summed E-state index contributed by atoms with van der Waals surface area (Å²) in [6.07, 6.45) is -4.58. The number of ether oxygens (including phenoxy) is 5. The molecule has 1 unspecified atom stereocenters. The van der Waals surface area contributed by atoms with Crippen LogP contribution in [0.2, 0.25) is 0 Å². The van der Waals surface area contributed by atoms with Gasteiger partial charge in [-0.1, -0.05) is 0 Å². The Morgan fingerprint density at radius 3 is 1.76 bits per heavy atom. The number of rotatable bonds is 5. The van der Waals surface area contributed by atoms with E-state index < -0.39 is 54.5 Å². The fourth-order valence-corrected chi connectivity index (χ4v) is 2.20. The highest BCUT2D eigenvalue weighted by atomic mass is 79.9. The van der Waals surface area contributed by atoms with Crippen molar-refractivity contribution in [3.05, 3.63) is 0 Å². The van der Waals surface area contributed by atoms with Crippen LogP contribution >= 0.6 is 17.0 Å². The summed E-state index contributed by atoms with van der Waals surface area (Å²) in [7, 11) is 0. The Bertz CT molecular complexity index is 497. The van der Waals surface area contributed by atoms with Crippen molar-refractivity contribution < 1.29 is 42.9 Å². The van der Waals surface area contributed by atoms with Crippen LogP contribution in [0.15, 0.2) is 0 Å². The molecule has 10 nitrogen and oxygen atoms in total. The van der Waals surface area contributed by atoms with Crippen molar-refractivity contribution in [2.24, 2.45) is 5.73 Å². The van der Waals surface area contributed by atoms with Gasteiger partial charge < -0.3 is 29.4 Å². The number of carbonyl (C=O) groups excluding carboxylic acids is 4. The number of hydrogen-bond donors (Lipinski definition) is 1. The highest BCUT2D eigenvalue weighted by molar-refractivity contribution is 8.93. The predicted molar refractivity (Wildman–Crippen MR) is 86.5 cm³/mol. The fourth-order valence-electron chi connectivity index (χ4n) is 2.20. The second kappa shape index (κ2) is 10.3. The summed E-state index contributed by atoms with van der Waals surface area (Å²) in [5.41, 5.74) is 5.93. The highest BCUT2D eigenvalue weighted by Gasteiger charge is 2.50. The zero-order valence-electron chi connectivity index (χ0n) is 14.3. The third-order valence-corrected chi connectivity index (χ3v) is 3.03. The summed E-state index contributed by atoms with van der Waals surface area (Å²) in [6.45, 7) is 4.32. The lowest BCUT2D eigenvalue weighted by Gasteiger charge is -2.42. The van der Waals surface area contributed by atoms with Crippen LogP contribution in [-0.2, 0) is 42.9 Å². The average molecular weight is 428 g/mol. The normalized spacial score (nSPS) is 28.1. The van der Waals surface area contributed by atoms with Crippen LogP contribution in [0.4, 0.5) is 0 Å². The van der Waals surface area contributed by atoms with Crippen LogP contribution in [-0.4, -0.2) is 61.1 Å². The lowest BCUT2D eigenvalue weighted by molar-refractivity contribution is -0.267. The molecule has 1 rings (SSSR count). The van der Waals surface area contributed by atoms with Crippen molar-refractivity contribution >= 4 is 40.9 Å². The van der Waals surface area contributed by atoms with E-state index in [0.717, 1.165) is 20.8 Å². The van der Waals surface area contributed by atoms with Gasteiger partial charge in [0.2, 0.25) is 6.29 Å². The number of carbonyl (C=O) groups is 4. The Morgan fingerprint density at radius 2 is 1.32 bits per heavy atom. The molecule has 0 aliphatic carbocycles. The second-order valence-corrected chi connectivity index (χ2v) is 5.18. The molecular formula is C14H22BrNO9. The van der Waals surface area contributed by atoms with E-state index in [2.05, 4.69) is 0 Å². The number of nitrogens with two attached hydrogens (primary N) is 1. The molecule has 1 aliphatic heterocycles. The van der Waals surface area contributed by atoms with Gasteiger partial charge in [0.05, 0.1) is 0 Å². The highest BCUT2D eigenvalue weighted by Crippen LogP contribution is 2.26. The molecule has 5 atom stereocenters. The molecular weight excluding hydrogens is 406 g/mol. The van der Waals surface area contributed by atoms with Crippen LogP contribution in [0.25, 0.3) is 0 Å². The maximum absolute atomic E-state index is 11.3. The molecule has 1 heterocycles. The van der Waals surface area contributed by atoms with Gasteiger partial charge in [0.25, 0.3) is 0 Å². The Hall–Kier alpha value is -1.72. The molecule has 1 fully saturated rings. The van der Waals surface area contributed by atoms with Crippen molar-refractivity contribution in [2.45, 2.75) is 58.3 Å². The monoisotopic (exact) mass is 427 g/mol. The summed E-state index contributed by atoms with van der Waals surface area (Å²) >= 11 is 0. The molecule has 0 aromatic carbocycles. The topological polar surface area (TPSA) is 140 Å². The van der Waals surface area contributed by atoms with E-state index in [-0.39, 0.29) is 23.6 Å². The van der Waals surface area contributed by atoms with Crippen molar-refractivity contribution in [1.82, 2.24) is 0 Å². The van der Waals surface area contributed by atoms with Crippen molar-refractivity contribution in [3.63, 3.8) is 0 Å². The molecule has 0 amide bonds. The quantitative estimate of drug-likeness (QED) is 0.455. The van der Waals surface area contributed by atoms with Crippen LogP contribution in [0.5, 0.6) is 0 Å². The molecule has 1 saturated heterocycles. The SMILES string of the molecule is Br.CC(=O)OC[C@H]1OC(OC(C)=O)[C@H](N)[C@@H](OC(C)=O)[C@@H]1OC(C)=O. The average Bonchev–Trinajstić information content (AvgIpc) is 2.42. The summed E-state index contributed by atoms with van der Waals surface area (Å²) in [4.78, 5) is 44.9. The van der Waals surface area contributed by atoms with E-state index in [1.807, 2.05) is 0 Å². The maximum atomic E-state index is 11.3. The van der Waals surface area contributed by atoms with Gasteiger partial charge in [-0.3, -0.25) is 19.2 Å². The van der Waals surface area contributed by atoms with Crippen molar-refractivity contribution in [1.29, 1.82) is 0 Å². The third kappa shape index (κ3) is 7.36. The number of hydrogen-bond acceptors (Lipinski definition) is 10. The van der Waals surface area contributed by atoms with Gasteiger partial charge in [0.15, 0.2) is 12.2 Å². The van der Waals surface area contributed by atoms with Crippen LogP contribution in [0.1, 0.15) is 27.7 Å². The summed E-state index contributed by atoms with van der Waals surface area (Å²) in [6, 6.07) is -1.10. The van der Waals surface area contributed by atoms with Gasteiger partial charge in [0, 0.05) is 27.7 Å². The lowest BCUT2D eigenvalue weighted by atomic mass is 9.97. The van der Waals surface area contributed by atoms with E-state index in [1.165, 1.54) is 6.92 Å². The first-order valence-corrected chi connectivity index (χ1v) is 7.18. The van der Waals surface area contributed by atoms with E-state index in [0.29, 0.717) is 0 Å². The van der Waals surface area contributed by atoms with Gasteiger partial charge >= 0.3 is 23.9 Å². The molecule has 1 aliphatic rings. The second-order valence-electron chi connectivity index (χ2n) is 5.18. The predicted octanol–water partition coefficient (Wildman–Crippen LogP) is -0.394. The minimum Gasteiger partial charge on any atom is -0.463 e. The number of halogens is 1. The molecule has 0 radical (unpaired) electrons. The standard InChI is InChI=1S/C14H21NO9.BrH/c1-6(16)20-5-10-12(21-7(2)17)13(22-8(3)18)11(15)14(24-10)23-9(4)19;/h10-14H,5,15H2,1-4H3;1H/t10-,11-,12-,13-,14?;/m1./s1. The third-order valence-electron chi connectivity index (χ3n) is 3.03. The molecule has 0 bridgehead atoms. The Labute approximate surface area is 155 Å². The molecule has 0 aromatic heterocycles. The van der Waals surface area contributed by atoms with E-state index in [9.17, 15) is 19.2 Å². The molecule has 0 saturated carbocycles. The first-order valence-electron chi connectivity index (χ1n) is 7.18. The van der Waals surface area contributed by atoms with Gasteiger partial charge in [-0.05, 0) is 0 Å². The Kier molecular flexibility index (Phi) is 9.60. The molecule has 0 spiro atoms. The lowest BCUT2D eigenvalue weighted by Crippen LogP contribution is -2.65. The van der Waals surface area contributed by atoms with E-state index in [4.69, 9.17) is 29.4 Å². The Balaban J connectivity index is 0.00000576. The van der Waals surface area contributed by atoms with Gasteiger partial charge in [0.1, 0.15) is 18.8 Å². The summed E-state index contributed by atoms with van der Waals surface area (Å²) in [5.74, 6) is -2.62. The number of esters is 4. The van der Waals surface area contributed by atoms with Crippen molar-refractivity contribution in [3.8, 4) is 0 Å². The van der Waals surface area contributed by atoms with Crippen molar-refractivity contribution in [2.75, 3.05) is 6.61 Å². The molecule has 2 N–H and O–H groups in total. The van der Waals surface area contributed by atoms with Crippen LogP contribution < -0.4 is 5.73 Å². The largest absolute Gasteiger partial charge is 0.463 e. The summed E-state index contributed by atoms with van der Waals surface area (Å²) < 4.78 is 25.5. The Morgan fingerprint density at radius 1 is 0.840 bits per heavy atom. The molecule has 0 aromatic rings. The smallest absolute Gasteiger partial charge is 0.304 e. The minimum atomic E-state index is -1.26. The van der Waals surface area contributed by atoms with E-state index in [1.54, 1.807) is 0 Å². The molecule has 144 valence electrons. The minimum absolute atomic E-state index is 0. The zero-order valence-corrected chi connectivity index (χ0v) is 16.0. The van der Waals surface area contributed by atoms with Gasteiger partial charge in [-0.25, -0.2) is 0 Å².